The van der Waals surface area contributed by atoms with Crippen LogP contribution in [0.1, 0.15) is 34.2 Å². The fraction of sp³-hybridized carbons (Fsp3) is 0.148. The van der Waals surface area contributed by atoms with Crippen molar-refractivity contribution in [3.63, 3.8) is 0 Å². The number of nitrogens with one attached hydrogen (secondary N) is 1. The highest BCUT2D eigenvalue weighted by Crippen LogP contribution is 2.29. The maximum absolute atomic E-state index is 13.6. The summed E-state index contributed by atoms with van der Waals surface area (Å²) in [5.74, 6) is 0.0513. The molecule has 1 N–H and O–H groups in total. The van der Waals surface area contributed by atoms with Gasteiger partial charge in [0.05, 0.1) is 38.9 Å². The number of aryl methyl sites for hydroxylation is 1. The van der Waals surface area contributed by atoms with Crippen molar-refractivity contribution in [3.8, 4) is 0 Å². The molecule has 0 aliphatic carbocycles. The molecule has 0 spiro atoms. The Balaban J connectivity index is 1.72. The van der Waals surface area contributed by atoms with Gasteiger partial charge in [0.2, 0.25) is 0 Å². The van der Waals surface area contributed by atoms with Crippen molar-refractivity contribution in [2.24, 2.45) is 0 Å². The summed E-state index contributed by atoms with van der Waals surface area (Å²) in [7, 11) is -4.20. The van der Waals surface area contributed by atoms with Crippen LogP contribution in [0.4, 0.5) is 11.4 Å². The molecule has 4 aromatic rings. The Bertz CT molecular complexity index is 1620. The lowest BCUT2D eigenvalue weighted by atomic mass is 10.1. The summed E-state index contributed by atoms with van der Waals surface area (Å²) < 4.78 is 35.1. The maximum atomic E-state index is 13.6. The van der Waals surface area contributed by atoms with E-state index in [1.165, 1.54) is 47.6 Å². The molecule has 0 unspecified atom stereocenters. The largest absolute Gasteiger partial charge is 0.467 e. The van der Waals surface area contributed by atoms with Crippen molar-refractivity contribution in [2.75, 3.05) is 4.72 Å². The van der Waals surface area contributed by atoms with Crippen LogP contribution in [0.15, 0.2) is 88.4 Å². The van der Waals surface area contributed by atoms with E-state index in [2.05, 4.69) is 4.72 Å². The summed E-state index contributed by atoms with van der Waals surface area (Å²) in [5.41, 5.74) is 1.02. The Hall–Kier alpha value is -3.86. The first-order valence-corrected chi connectivity index (χ1v) is 14.0. The van der Waals surface area contributed by atoms with Gasteiger partial charge in [-0.25, -0.2) is 8.42 Å². The predicted octanol–water partition coefficient (Wildman–Crippen LogP) is 6.70. The van der Waals surface area contributed by atoms with E-state index in [0.717, 1.165) is 0 Å². The highest BCUT2D eigenvalue weighted by molar-refractivity contribution is 7.92. The highest BCUT2D eigenvalue weighted by atomic mass is 35.5. The molecule has 0 saturated carbocycles. The molecule has 0 bridgehead atoms. The van der Waals surface area contributed by atoms with Gasteiger partial charge in [-0.05, 0) is 66.1 Å². The molecule has 202 valence electrons. The van der Waals surface area contributed by atoms with Crippen LogP contribution in [0.2, 0.25) is 10.0 Å². The topological polar surface area (TPSA) is 123 Å². The number of sulfonamides is 1. The van der Waals surface area contributed by atoms with Gasteiger partial charge in [0.25, 0.3) is 21.6 Å². The molecule has 0 aliphatic rings. The first-order valence-electron chi connectivity index (χ1n) is 11.7. The Morgan fingerprint density at radius 2 is 1.77 bits per heavy atom. The Kier molecular flexibility index (Phi) is 8.59. The van der Waals surface area contributed by atoms with Crippen LogP contribution in [-0.2, 0) is 29.5 Å². The maximum Gasteiger partial charge on any atom is 0.269 e. The second kappa shape index (κ2) is 11.9. The molecule has 1 heterocycles. The Morgan fingerprint density at radius 1 is 1.00 bits per heavy atom. The van der Waals surface area contributed by atoms with Crippen molar-refractivity contribution in [1.82, 2.24) is 4.90 Å². The number of amides is 1. The number of hydrogen-bond acceptors (Lipinski definition) is 6. The van der Waals surface area contributed by atoms with Crippen LogP contribution in [-0.4, -0.2) is 24.1 Å². The second-order valence-corrected chi connectivity index (χ2v) is 11.0. The SMILES string of the molecule is CCc1cc([N+](=O)[O-])ccc1NS(=O)(=O)c1ccc(Cl)cc1CN(Cc1ccco1)C(=O)c1ccccc1Cl. The van der Waals surface area contributed by atoms with Gasteiger partial charge >= 0.3 is 0 Å². The van der Waals surface area contributed by atoms with Crippen LogP contribution in [0.5, 0.6) is 0 Å². The lowest BCUT2D eigenvalue weighted by molar-refractivity contribution is -0.384. The lowest BCUT2D eigenvalue weighted by Crippen LogP contribution is -2.31. The first kappa shape index (κ1) is 28.2. The molecule has 0 saturated heterocycles. The van der Waals surface area contributed by atoms with Gasteiger partial charge < -0.3 is 9.32 Å². The summed E-state index contributed by atoms with van der Waals surface area (Å²) in [6.07, 6.45) is 1.83. The number of benzene rings is 3. The smallest absolute Gasteiger partial charge is 0.269 e. The molecule has 39 heavy (non-hydrogen) atoms. The van der Waals surface area contributed by atoms with Gasteiger partial charge in [-0.3, -0.25) is 19.6 Å². The van der Waals surface area contributed by atoms with Crippen LogP contribution < -0.4 is 4.72 Å². The minimum atomic E-state index is -4.20. The van der Waals surface area contributed by atoms with Crippen molar-refractivity contribution in [2.45, 2.75) is 31.3 Å². The zero-order valence-corrected chi connectivity index (χ0v) is 23.0. The molecular weight excluding hydrogens is 565 g/mol. The molecule has 3 aromatic carbocycles. The summed E-state index contributed by atoms with van der Waals surface area (Å²) in [6.45, 7) is 1.67. The van der Waals surface area contributed by atoms with Crippen molar-refractivity contribution >= 4 is 50.5 Å². The third-order valence-electron chi connectivity index (χ3n) is 5.92. The van der Waals surface area contributed by atoms with Crippen LogP contribution in [0.25, 0.3) is 0 Å². The molecule has 1 aromatic heterocycles. The summed E-state index contributed by atoms with van der Waals surface area (Å²) in [5, 5.41) is 11.7. The third kappa shape index (κ3) is 6.59. The average Bonchev–Trinajstić information content (AvgIpc) is 3.41. The Morgan fingerprint density at radius 3 is 2.44 bits per heavy atom. The molecule has 1 amide bonds. The fourth-order valence-electron chi connectivity index (χ4n) is 4.02. The normalized spacial score (nSPS) is 11.3. The number of halogens is 2. The monoisotopic (exact) mass is 587 g/mol. The number of carbonyl (C=O) groups excluding carboxylic acids is 1. The number of nitro benzene ring substituents is 1. The molecular formula is C27H23Cl2N3O6S. The van der Waals surface area contributed by atoms with Crippen molar-refractivity contribution in [1.29, 1.82) is 0 Å². The number of nitrogens with zero attached hydrogens (tertiary/aromatic N) is 2. The van der Waals surface area contributed by atoms with E-state index in [9.17, 15) is 23.3 Å². The number of hydrogen-bond donors (Lipinski definition) is 1. The van der Waals surface area contributed by atoms with Crippen molar-refractivity contribution in [3.05, 3.63) is 122 Å². The second-order valence-electron chi connectivity index (χ2n) is 8.53. The van der Waals surface area contributed by atoms with Gasteiger partial charge in [0, 0.05) is 23.7 Å². The van der Waals surface area contributed by atoms with E-state index < -0.39 is 20.9 Å². The molecule has 0 radical (unpaired) electrons. The number of nitro groups is 1. The predicted molar refractivity (Wildman–Crippen MR) is 148 cm³/mol. The molecule has 0 aliphatic heterocycles. The minimum absolute atomic E-state index is 0.0405. The summed E-state index contributed by atoms with van der Waals surface area (Å²) in [6, 6.07) is 18.1. The van der Waals surface area contributed by atoms with Gasteiger partial charge in [-0.2, -0.15) is 0 Å². The van der Waals surface area contributed by atoms with E-state index >= 15 is 0 Å². The van der Waals surface area contributed by atoms with E-state index in [1.807, 2.05) is 0 Å². The highest BCUT2D eigenvalue weighted by Gasteiger charge is 2.26. The van der Waals surface area contributed by atoms with E-state index in [1.54, 1.807) is 43.3 Å². The zero-order chi connectivity index (χ0) is 28.2. The molecule has 9 nitrogen and oxygen atoms in total. The number of non-ortho nitro benzene ring substituents is 1. The summed E-state index contributed by atoms with van der Waals surface area (Å²) >= 11 is 12.5. The van der Waals surface area contributed by atoms with E-state index in [0.29, 0.717) is 17.7 Å². The molecule has 0 atom stereocenters. The molecule has 4 rings (SSSR count). The summed E-state index contributed by atoms with van der Waals surface area (Å²) in [4.78, 5) is 25.5. The number of anilines is 1. The van der Waals surface area contributed by atoms with Crippen LogP contribution in [0.3, 0.4) is 0 Å². The molecule has 0 fully saturated rings. The van der Waals surface area contributed by atoms with E-state index in [-0.39, 0.29) is 50.5 Å². The first-order chi connectivity index (χ1) is 18.6. The number of furan rings is 1. The van der Waals surface area contributed by atoms with Gasteiger partial charge in [-0.1, -0.05) is 42.3 Å². The van der Waals surface area contributed by atoms with Gasteiger partial charge in [0.15, 0.2) is 0 Å². The lowest BCUT2D eigenvalue weighted by Gasteiger charge is -2.24. The van der Waals surface area contributed by atoms with Gasteiger partial charge in [-0.15, -0.1) is 0 Å². The average molecular weight is 588 g/mol. The quantitative estimate of drug-likeness (QED) is 0.163. The van der Waals surface area contributed by atoms with Crippen molar-refractivity contribution < 1.29 is 22.6 Å². The Labute approximate surface area is 235 Å². The number of carbonyl (C=O) groups is 1. The van der Waals surface area contributed by atoms with E-state index in [4.69, 9.17) is 27.6 Å². The van der Waals surface area contributed by atoms with Crippen LogP contribution >= 0.6 is 23.2 Å². The standard InChI is InChI=1S/C27H23Cl2N3O6S/c1-2-18-15-21(32(34)35)10-11-25(18)30-39(36,37)26-12-9-20(28)14-19(26)16-31(17-22-6-5-13-38-22)27(33)23-7-3-4-8-24(23)29/h3-15,30H,2,16-17H2,1H3. The minimum Gasteiger partial charge on any atom is -0.467 e. The fourth-order valence-corrected chi connectivity index (χ4v) is 5.75. The zero-order valence-electron chi connectivity index (χ0n) is 20.6. The van der Waals surface area contributed by atoms with Gasteiger partial charge in [0.1, 0.15) is 5.76 Å². The third-order valence-corrected chi connectivity index (χ3v) is 7.95. The molecule has 12 heteroatoms. The number of rotatable bonds is 10. The van der Waals surface area contributed by atoms with Crippen LogP contribution in [0, 0.1) is 10.1 Å².